The number of hydrogen-bond acceptors (Lipinski definition) is 2. The van der Waals surface area contributed by atoms with E-state index in [-0.39, 0.29) is 5.56 Å². The molecule has 7 heteroatoms. The van der Waals surface area contributed by atoms with Crippen molar-refractivity contribution in [3.8, 4) is 5.75 Å². The maximum absolute atomic E-state index is 12.8. The number of phenols is 1. The third kappa shape index (κ3) is 3.36. The molecule has 1 aliphatic rings. The maximum atomic E-state index is 12.8. The molecular weight excluding hydrogens is 266 g/mol. The number of hydrogen-bond donors (Lipinski definition) is 1. The van der Waals surface area contributed by atoms with Crippen molar-refractivity contribution in [2.24, 2.45) is 0 Å². The molecule has 0 heterocycles. The van der Waals surface area contributed by atoms with Gasteiger partial charge < -0.3 is 10.0 Å². The molecule has 0 atom stereocenters. The highest BCUT2D eigenvalue weighted by Gasteiger charge is 2.41. The summed E-state index contributed by atoms with van der Waals surface area (Å²) in [4.78, 5) is 12.7. The molecule has 2 rings (SSSR count). The molecule has 0 radical (unpaired) electrons. The highest BCUT2D eigenvalue weighted by atomic mass is 19.4. The third-order valence-electron chi connectivity index (χ3n) is 2.79. The molecule has 1 fully saturated rings. The summed E-state index contributed by atoms with van der Waals surface area (Å²) in [5.74, 6) is -2.35. The molecule has 104 valence electrons. The molecule has 0 unspecified atom stereocenters. The van der Waals surface area contributed by atoms with E-state index in [9.17, 15) is 27.5 Å². The largest absolute Gasteiger partial charge is 0.507 e. The van der Waals surface area contributed by atoms with Crippen LogP contribution in [0.25, 0.3) is 0 Å². The van der Waals surface area contributed by atoms with Crippen LogP contribution < -0.4 is 0 Å². The summed E-state index contributed by atoms with van der Waals surface area (Å²) in [5, 5.41) is 9.44. The molecule has 0 saturated heterocycles. The highest BCUT2D eigenvalue weighted by molar-refractivity contribution is 5.97. The molecule has 1 saturated carbocycles. The van der Waals surface area contributed by atoms with Crippen molar-refractivity contribution >= 4 is 5.91 Å². The van der Waals surface area contributed by atoms with Gasteiger partial charge in [0, 0.05) is 12.1 Å². The summed E-state index contributed by atoms with van der Waals surface area (Å²) < 4.78 is 50.0. The fourth-order valence-electron chi connectivity index (χ4n) is 1.79. The summed E-state index contributed by atoms with van der Waals surface area (Å²) in [6, 6.07) is 2.15. The monoisotopic (exact) mass is 277 g/mol. The molecule has 1 aromatic rings. The Balaban J connectivity index is 2.24. The predicted molar refractivity (Wildman–Crippen MR) is 58.2 cm³/mol. The number of carbonyl (C=O) groups excluding carboxylic acids is 1. The van der Waals surface area contributed by atoms with Gasteiger partial charge >= 0.3 is 6.18 Å². The number of nitrogens with zero attached hydrogens (tertiary/aromatic N) is 1. The number of rotatable bonds is 3. The van der Waals surface area contributed by atoms with Gasteiger partial charge in [-0.2, -0.15) is 13.2 Å². The number of benzene rings is 1. The summed E-state index contributed by atoms with van der Waals surface area (Å²) >= 11 is 0. The Morgan fingerprint density at radius 1 is 1.37 bits per heavy atom. The molecule has 1 aromatic carbocycles. The molecule has 1 aliphatic carbocycles. The van der Waals surface area contributed by atoms with Crippen LogP contribution in [0.3, 0.4) is 0 Å². The zero-order chi connectivity index (χ0) is 14.2. The van der Waals surface area contributed by atoms with Crippen LogP contribution in [0.1, 0.15) is 23.2 Å². The number of alkyl halides is 3. The minimum atomic E-state index is -4.51. The lowest BCUT2D eigenvalue weighted by Crippen LogP contribution is -2.40. The third-order valence-corrected chi connectivity index (χ3v) is 2.79. The SMILES string of the molecule is O=C(c1ccc(F)cc1O)N(CC(F)(F)F)C1CC1. The van der Waals surface area contributed by atoms with Crippen LogP contribution in [0.5, 0.6) is 5.75 Å². The van der Waals surface area contributed by atoms with E-state index in [0.29, 0.717) is 23.8 Å². The van der Waals surface area contributed by atoms with Crippen molar-refractivity contribution < 1.29 is 27.5 Å². The molecule has 1 N–H and O–H groups in total. The molecule has 0 bridgehead atoms. The number of aromatic hydroxyl groups is 1. The van der Waals surface area contributed by atoms with Crippen LogP contribution in [0.4, 0.5) is 17.6 Å². The van der Waals surface area contributed by atoms with Gasteiger partial charge in [0.2, 0.25) is 0 Å². The van der Waals surface area contributed by atoms with E-state index in [1.807, 2.05) is 0 Å². The minimum absolute atomic E-state index is 0.322. The first-order valence-electron chi connectivity index (χ1n) is 5.64. The summed E-state index contributed by atoms with van der Waals surface area (Å²) in [5.41, 5.74) is -0.322. The lowest BCUT2D eigenvalue weighted by Gasteiger charge is -2.24. The number of phenolic OH excluding ortho intramolecular Hbond substituents is 1. The Kier molecular flexibility index (Phi) is 3.38. The van der Waals surface area contributed by atoms with Crippen molar-refractivity contribution in [2.75, 3.05) is 6.54 Å². The van der Waals surface area contributed by atoms with E-state index in [1.165, 1.54) is 0 Å². The van der Waals surface area contributed by atoms with Gasteiger partial charge in [-0.3, -0.25) is 4.79 Å². The molecule has 0 aliphatic heterocycles. The van der Waals surface area contributed by atoms with E-state index in [0.717, 1.165) is 12.1 Å². The first-order chi connectivity index (χ1) is 8.78. The molecule has 0 aromatic heterocycles. The number of carbonyl (C=O) groups is 1. The average molecular weight is 277 g/mol. The maximum Gasteiger partial charge on any atom is 0.406 e. The fourth-order valence-corrected chi connectivity index (χ4v) is 1.79. The Hall–Kier alpha value is -1.79. The average Bonchev–Trinajstić information content (AvgIpc) is 3.07. The standard InChI is InChI=1S/C12H11F4NO2/c13-7-1-4-9(10(18)5-7)11(19)17(8-2-3-8)6-12(14,15)16/h1,4-5,8,18H,2-3,6H2. The van der Waals surface area contributed by atoms with Gasteiger partial charge in [0.15, 0.2) is 0 Å². The van der Waals surface area contributed by atoms with E-state index < -0.39 is 36.2 Å². The van der Waals surface area contributed by atoms with E-state index in [4.69, 9.17) is 0 Å². The van der Waals surface area contributed by atoms with Gasteiger partial charge in [-0.15, -0.1) is 0 Å². The Labute approximate surface area is 106 Å². The smallest absolute Gasteiger partial charge is 0.406 e. The lowest BCUT2D eigenvalue weighted by molar-refractivity contribution is -0.141. The quantitative estimate of drug-likeness (QED) is 0.863. The molecular formula is C12H11F4NO2. The molecule has 19 heavy (non-hydrogen) atoms. The zero-order valence-electron chi connectivity index (χ0n) is 9.75. The van der Waals surface area contributed by atoms with Crippen molar-refractivity contribution in [3.05, 3.63) is 29.6 Å². The Bertz CT molecular complexity index is 497. The van der Waals surface area contributed by atoms with E-state index in [1.54, 1.807) is 0 Å². The summed E-state index contributed by atoms with van der Waals surface area (Å²) in [6.07, 6.45) is -3.50. The van der Waals surface area contributed by atoms with Crippen LogP contribution in [0.15, 0.2) is 18.2 Å². The predicted octanol–water partition coefficient (Wildman–Crippen LogP) is 2.70. The molecule has 0 spiro atoms. The molecule has 1 amide bonds. The van der Waals surface area contributed by atoms with Gasteiger partial charge in [-0.05, 0) is 25.0 Å². The van der Waals surface area contributed by atoms with Crippen molar-refractivity contribution in [1.29, 1.82) is 0 Å². The van der Waals surface area contributed by atoms with Gasteiger partial charge in [-0.1, -0.05) is 0 Å². The molecule has 3 nitrogen and oxygen atoms in total. The van der Waals surface area contributed by atoms with Crippen LogP contribution in [-0.4, -0.2) is 34.7 Å². The van der Waals surface area contributed by atoms with E-state index in [2.05, 4.69) is 0 Å². The lowest BCUT2D eigenvalue weighted by atomic mass is 10.1. The van der Waals surface area contributed by atoms with Crippen molar-refractivity contribution in [1.82, 2.24) is 4.90 Å². The second kappa shape index (κ2) is 4.71. The first kappa shape index (κ1) is 13.6. The van der Waals surface area contributed by atoms with Crippen LogP contribution >= 0.6 is 0 Å². The first-order valence-corrected chi connectivity index (χ1v) is 5.64. The Morgan fingerprint density at radius 2 is 2.00 bits per heavy atom. The second-order valence-corrected chi connectivity index (χ2v) is 4.44. The van der Waals surface area contributed by atoms with E-state index >= 15 is 0 Å². The second-order valence-electron chi connectivity index (χ2n) is 4.44. The highest BCUT2D eigenvalue weighted by Crippen LogP contribution is 2.32. The summed E-state index contributed by atoms with van der Waals surface area (Å²) in [7, 11) is 0. The van der Waals surface area contributed by atoms with Gasteiger partial charge in [0.05, 0.1) is 5.56 Å². The van der Waals surface area contributed by atoms with Crippen LogP contribution in [-0.2, 0) is 0 Å². The van der Waals surface area contributed by atoms with Crippen molar-refractivity contribution in [3.63, 3.8) is 0 Å². The topological polar surface area (TPSA) is 40.5 Å². The number of halogens is 4. The van der Waals surface area contributed by atoms with Gasteiger partial charge in [0.1, 0.15) is 18.1 Å². The van der Waals surface area contributed by atoms with Crippen LogP contribution in [0, 0.1) is 5.82 Å². The summed E-state index contributed by atoms with van der Waals surface area (Å²) in [6.45, 7) is -1.37. The zero-order valence-corrected chi connectivity index (χ0v) is 9.75. The fraction of sp³-hybridized carbons (Fsp3) is 0.417. The van der Waals surface area contributed by atoms with Crippen LogP contribution in [0.2, 0.25) is 0 Å². The van der Waals surface area contributed by atoms with Gasteiger partial charge in [-0.25, -0.2) is 4.39 Å². The Morgan fingerprint density at radius 3 is 2.47 bits per heavy atom. The number of amides is 1. The van der Waals surface area contributed by atoms with Gasteiger partial charge in [0.25, 0.3) is 5.91 Å². The normalized spacial score (nSPS) is 15.4. The minimum Gasteiger partial charge on any atom is -0.507 e. The van der Waals surface area contributed by atoms with Crippen molar-refractivity contribution in [2.45, 2.75) is 25.1 Å².